The second-order valence-electron chi connectivity index (χ2n) is 4.75. The van der Waals surface area contributed by atoms with Gasteiger partial charge in [0.15, 0.2) is 11.5 Å². The quantitative estimate of drug-likeness (QED) is 0.444. The minimum atomic E-state index is -0.500. The number of fused-ring (bicyclic) bond motifs is 1. The minimum Gasteiger partial charge on any atom is -0.465 e. The lowest BCUT2D eigenvalue weighted by molar-refractivity contribution is 0.0596. The lowest BCUT2D eigenvalue weighted by Gasteiger charge is -2.15. The number of nitrogens with zero attached hydrogens (tertiary/aromatic N) is 4. The fourth-order valence-electron chi connectivity index (χ4n) is 2.23. The molecule has 0 atom stereocenters. The van der Waals surface area contributed by atoms with Gasteiger partial charge >= 0.3 is 5.97 Å². The molecule has 0 fully saturated rings. The summed E-state index contributed by atoms with van der Waals surface area (Å²) >= 11 is 1.35. The number of thioether (sulfide) groups is 1. The predicted molar refractivity (Wildman–Crippen MR) is 90.5 cm³/mol. The Morgan fingerprint density at radius 2 is 2.08 bits per heavy atom. The second-order valence-corrected chi connectivity index (χ2v) is 5.55. The molecule has 0 amide bonds. The van der Waals surface area contributed by atoms with Gasteiger partial charge in [-0.25, -0.2) is 9.78 Å². The molecule has 0 spiro atoms. The number of aromatic nitrogens is 3. The van der Waals surface area contributed by atoms with Crippen molar-refractivity contribution in [3.63, 3.8) is 0 Å². The number of rotatable bonds is 4. The first-order valence-corrected chi connectivity index (χ1v) is 8.17. The Morgan fingerprint density at radius 3 is 2.71 bits per heavy atom. The Labute approximate surface area is 142 Å². The summed E-state index contributed by atoms with van der Waals surface area (Å²) in [4.78, 5) is 16.7. The number of methoxy groups -OCH3 is 1. The van der Waals surface area contributed by atoms with Gasteiger partial charge in [0.25, 0.3) is 0 Å². The van der Waals surface area contributed by atoms with Gasteiger partial charge in [-0.2, -0.15) is 14.9 Å². The molecule has 7 nitrogen and oxygen atoms in total. The normalized spacial score (nSPS) is 10.4. The number of esters is 1. The molecule has 2 aromatic heterocycles. The summed E-state index contributed by atoms with van der Waals surface area (Å²) in [7, 11) is 1.32. The molecular weight excluding hydrogens is 326 g/mol. The van der Waals surface area contributed by atoms with Crippen LogP contribution >= 0.6 is 11.8 Å². The molecule has 3 aromatic rings. The van der Waals surface area contributed by atoms with Crippen LogP contribution < -0.4 is 5.32 Å². The average Bonchev–Trinajstić information content (AvgIpc) is 3.09. The minimum absolute atomic E-state index is 0.311. The molecule has 0 aliphatic carbocycles. The van der Waals surface area contributed by atoms with Crippen LogP contribution in [0.3, 0.4) is 0 Å². The number of nitriles is 1. The third kappa shape index (κ3) is 2.77. The van der Waals surface area contributed by atoms with Gasteiger partial charge in [0.2, 0.25) is 0 Å². The molecule has 1 aromatic carbocycles. The van der Waals surface area contributed by atoms with Gasteiger partial charge < -0.3 is 10.1 Å². The van der Waals surface area contributed by atoms with Crippen molar-refractivity contribution >= 4 is 34.9 Å². The standard InChI is InChI=1S/C16H13N5O2S/c1-23-16(22)13-14(19-11-5-3-10(9-17)4-6-11)21-12(7-8-18-21)20-15(13)24-2/h3-8,19H,1-2H3. The number of carbonyl (C=O) groups is 1. The van der Waals surface area contributed by atoms with Crippen LogP contribution in [0.2, 0.25) is 0 Å². The third-order valence-electron chi connectivity index (χ3n) is 3.36. The Bertz CT molecular complexity index is 943. The van der Waals surface area contributed by atoms with Crippen molar-refractivity contribution in [1.29, 1.82) is 5.26 Å². The van der Waals surface area contributed by atoms with Crippen molar-refractivity contribution in [3.05, 3.63) is 47.7 Å². The first-order valence-electron chi connectivity index (χ1n) is 6.95. The topological polar surface area (TPSA) is 92.3 Å². The molecule has 2 heterocycles. The van der Waals surface area contributed by atoms with E-state index in [0.717, 1.165) is 0 Å². The molecule has 0 bridgehead atoms. The van der Waals surface area contributed by atoms with E-state index in [2.05, 4.69) is 21.5 Å². The van der Waals surface area contributed by atoms with Gasteiger partial charge in [-0.15, -0.1) is 11.8 Å². The molecule has 8 heteroatoms. The predicted octanol–water partition coefficient (Wildman–Crippen LogP) is 2.85. The van der Waals surface area contributed by atoms with Crippen LogP contribution in [-0.2, 0) is 4.74 Å². The first kappa shape index (κ1) is 15.8. The van der Waals surface area contributed by atoms with E-state index in [9.17, 15) is 4.79 Å². The van der Waals surface area contributed by atoms with E-state index in [-0.39, 0.29) is 0 Å². The van der Waals surface area contributed by atoms with Gasteiger partial charge in [0.05, 0.1) is 24.9 Å². The van der Waals surface area contributed by atoms with Crippen LogP contribution in [0.5, 0.6) is 0 Å². The lowest BCUT2D eigenvalue weighted by atomic mass is 10.2. The Hall–Kier alpha value is -3.05. The molecule has 0 aliphatic heterocycles. The number of hydrogen-bond acceptors (Lipinski definition) is 7. The van der Waals surface area contributed by atoms with Crippen LogP contribution in [0.15, 0.2) is 41.6 Å². The van der Waals surface area contributed by atoms with Crippen LogP contribution in [-0.4, -0.2) is 33.9 Å². The molecule has 0 unspecified atom stereocenters. The van der Waals surface area contributed by atoms with Crippen molar-refractivity contribution in [2.75, 3.05) is 18.7 Å². The van der Waals surface area contributed by atoms with Crippen molar-refractivity contribution in [2.45, 2.75) is 5.03 Å². The highest BCUT2D eigenvalue weighted by Crippen LogP contribution is 2.29. The molecule has 120 valence electrons. The third-order valence-corrected chi connectivity index (χ3v) is 4.04. The highest BCUT2D eigenvalue weighted by molar-refractivity contribution is 7.98. The Kier molecular flexibility index (Phi) is 4.35. The van der Waals surface area contributed by atoms with E-state index in [1.807, 2.05) is 6.26 Å². The van der Waals surface area contributed by atoms with E-state index < -0.39 is 5.97 Å². The maximum atomic E-state index is 12.3. The summed E-state index contributed by atoms with van der Waals surface area (Å²) in [6.07, 6.45) is 3.45. The highest BCUT2D eigenvalue weighted by atomic mass is 32.2. The van der Waals surface area contributed by atoms with E-state index in [0.29, 0.717) is 33.3 Å². The number of nitrogens with one attached hydrogen (secondary N) is 1. The monoisotopic (exact) mass is 339 g/mol. The van der Waals surface area contributed by atoms with Crippen molar-refractivity contribution < 1.29 is 9.53 Å². The van der Waals surface area contributed by atoms with Crippen LogP contribution in [0.25, 0.3) is 5.65 Å². The number of hydrogen-bond donors (Lipinski definition) is 1. The Balaban J connectivity index is 2.17. The van der Waals surface area contributed by atoms with Gasteiger partial charge in [-0.3, -0.25) is 0 Å². The molecule has 0 radical (unpaired) electrons. The maximum absolute atomic E-state index is 12.3. The number of carbonyl (C=O) groups excluding carboxylic acids is 1. The summed E-state index contributed by atoms with van der Waals surface area (Å²) in [5, 5.41) is 16.8. The van der Waals surface area contributed by atoms with Crippen LogP contribution in [0.4, 0.5) is 11.5 Å². The summed E-state index contributed by atoms with van der Waals surface area (Å²) < 4.78 is 6.45. The van der Waals surface area contributed by atoms with E-state index in [1.54, 1.807) is 41.0 Å². The smallest absolute Gasteiger partial charge is 0.344 e. The van der Waals surface area contributed by atoms with Crippen molar-refractivity contribution in [2.24, 2.45) is 0 Å². The summed E-state index contributed by atoms with van der Waals surface area (Å²) in [6.45, 7) is 0. The van der Waals surface area contributed by atoms with E-state index >= 15 is 0 Å². The summed E-state index contributed by atoms with van der Waals surface area (Å²) in [5.41, 5.74) is 2.19. The highest BCUT2D eigenvalue weighted by Gasteiger charge is 2.22. The average molecular weight is 339 g/mol. The van der Waals surface area contributed by atoms with Crippen molar-refractivity contribution in [3.8, 4) is 6.07 Å². The first-order chi connectivity index (χ1) is 11.7. The van der Waals surface area contributed by atoms with Gasteiger partial charge in [-0.05, 0) is 30.5 Å². The second kappa shape index (κ2) is 6.60. The maximum Gasteiger partial charge on any atom is 0.344 e. The zero-order valence-corrected chi connectivity index (χ0v) is 13.8. The number of ether oxygens (including phenoxy) is 1. The molecular formula is C16H13N5O2S. The molecule has 0 aliphatic rings. The number of benzene rings is 1. The van der Waals surface area contributed by atoms with Gasteiger partial charge in [0.1, 0.15) is 10.6 Å². The van der Waals surface area contributed by atoms with Gasteiger partial charge in [0, 0.05) is 11.8 Å². The molecule has 3 rings (SSSR count). The van der Waals surface area contributed by atoms with Crippen LogP contribution in [0.1, 0.15) is 15.9 Å². The lowest BCUT2D eigenvalue weighted by Crippen LogP contribution is -2.13. The Morgan fingerprint density at radius 1 is 1.33 bits per heavy atom. The van der Waals surface area contributed by atoms with Crippen LogP contribution in [0, 0.1) is 11.3 Å². The molecule has 24 heavy (non-hydrogen) atoms. The zero-order chi connectivity index (χ0) is 17.1. The summed E-state index contributed by atoms with van der Waals surface area (Å²) in [5.74, 6) is -0.0358. The zero-order valence-electron chi connectivity index (χ0n) is 13.0. The van der Waals surface area contributed by atoms with Gasteiger partial charge in [-0.1, -0.05) is 0 Å². The molecule has 0 saturated heterocycles. The van der Waals surface area contributed by atoms with E-state index in [1.165, 1.54) is 18.9 Å². The number of anilines is 2. The van der Waals surface area contributed by atoms with Crippen molar-refractivity contribution in [1.82, 2.24) is 14.6 Å². The largest absolute Gasteiger partial charge is 0.465 e. The fourth-order valence-corrected chi connectivity index (χ4v) is 2.80. The molecule has 1 N–H and O–H groups in total. The SMILES string of the molecule is COC(=O)c1c(SC)nc2ccnn2c1Nc1ccc(C#N)cc1. The summed E-state index contributed by atoms with van der Waals surface area (Å²) in [6, 6.07) is 10.7. The molecule has 0 saturated carbocycles. The van der Waals surface area contributed by atoms with E-state index in [4.69, 9.17) is 10.00 Å². The fraction of sp³-hybridized carbons (Fsp3) is 0.125.